The van der Waals surface area contributed by atoms with E-state index in [0.717, 1.165) is 5.56 Å². The minimum Gasteiger partial charge on any atom is -0.375 e. The molecule has 1 aromatic carbocycles. The van der Waals surface area contributed by atoms with Gasteiger partial charge in [-0.2, -0.15) is 0 Å². The molecule has 1 rings (SSSR count). The van der Waals surface area contributed by atoms with Gasteiger partial charge in [-0.15, -0.1) is 0 Å². The first-order chi connectivity index (χ1) is 6.59. The van der Waals surface area contributed by atoms with Crippen LogP contribution in [0, 0.1) is 0 Å². The quantitative estimate of drug-likeness (QED) is 0.869. The molecule has 4 heteroatoms. The molecule has 0 aliphatic heterocycles. The second kappa shape index (κ2) is 5.56. The fourth-order valence-corrected chi connectivity index (χ4v) is 1.38. The summed E-state index contributed by atoms with van der Waals surface area (Å²) in [6.07, 6.45) is 0. The van der Waals surface area contributed by atoms with Gasteiger partial charge >= 0.3 is 0 Å². The predicted molar refractivity (Wildman–Crippen MR) is 59.8 cm³/mol. The molecule has 0 saturated carbocycles. The van der Waals surface area contributed by atoms with Gasteiger partial charge in [0.25, 0.3) is 0 Å². The molecule has 2 N–H and O–H groups in total. The van der Waals surface area contributed by atoms with E-state index in [4.69, 9.17) is 33.7 Å². The number of rotatable bonds is 4. The summed E-state index contributed by atoms with van der Waals surface area (Å²) in [5.41, 5.74) is 6.43. The van der Waals surface area contributed by atoms with Gasteiger partial charge in [-0.1, -0.05) is 23.2 Å². The Labute approximate surface area is 94.0 Å². The molecule has 0 aliphatic rings. The molecule has 0 bridgehead atoms. The average molecular weight is 234 g/mol. The first-order valence-electron chi connectivity index (χ1n) is 4.37. The summed E-state index contributed by atoms with van der Waals surface area (Å²) in [6.45, 7) is 2.85. The van der Waals surface area contributed by atoms with E-state index in [1.807, 2.05) is 6.92 Å². The Morgan fingerprint density at radius 1 is 1.43 bits per heavy atom. The molecular formula is C10H13Cl2NO. The van der Waals surface area contributed by atoms with E-state index >= 15 is 0 Å². The van der Waals surface area contributed by atoms with E-state index in [1.165, 1.54) is 0 Å². The Kier molecular flexibility index (Phi) is 4.69. The van der Waals surface area contributed by atoms with Gasteiger partial charge in [0.2, 0.25) is 0 Å². The fourth-order valence-electron chi connectivity index (χ4n) is 1.01. The van der Waals surface area contributed by atoms with Crippen LogP contribution in [-0.2, 0) is 11.3 Å². The van der Waals surface area contributed by atoms with Crippen LogP contribution >= 0.6 is 23.2 Å². The van der Waals surface area contributed by atoms with Crippen molar-refractivity contribution >= 4 is 23.2 Å². The SMILES string of the molecule is CC(N)COCc1cc(Cl)ccc1Cl. The normalized spacial score (nSPS) is 12.9. The first-order valence-corrected chi connectivity index (χ1v) is 5.12. The lowest BCUT2D eigenvalue weighted by molar-refractivity contribution is 0.111. The highest BCUT2D eigenvalue weighted by Crippen LogP contribution is 2.21. The highest BCUT2D eigenvalue weighted by Gasteiger charge is 2.02. The van der Waals surface area contributed by atoms with Crippen molar-refractivity contribution in [1.29, 1.82) is 0 Å². The predicted octanol–water partition coefficient (Wildman–Crippen LogP) is 2.86. The molecule has 0 aromatic heterocycles. The molecule has 0 spiro atoms. The average Bonchev–Trinajstić information content (AvgIpc) is 2.10. The zero-order valence-corrected chi connectivity index (χ0v) is 9.48. The van der Waals surface area contributed by atoms with Crippen LogP contribution in [0.25, 0.3) is 0 Å². The summed E-state index contributed by atoms with van der Waals surface area (Å²) >= 11 is 11.8. The van der Waals surface area contributed by atoms with E-state index < -0.39 is 0 Å². The number of hydrogen-bond donors (Lipinski definition) is 1. The second-order valence-electron chi connectivity index (χ2n) is 3.23. The van der Waals surface area contributed by atoms with Crippen molar-refractivity contribution < 1.29 is 4.74 Å². The molecular weight excluding hydrogens is 221 g/mol. The van der Waals surface area contributed by atoms with Crippen LogP contribution in [0.4, 0.5) is 0 Å². The summed E-state index contributed by atoms with van der Waals surface area (Å²) in [4.78, 5) is 0. The maximum atomic E-state index is 5.94. The minimum absolute atomic E-state index is 0.0351. The van der Waals surface area contributed by atoms with Gasteiger partial charge in [0, 0.05) is 16.1 Å². The molecule has 0 radical (unpaired) electrons. The highest BCUT2D eigenvalue weighted by molar-refractivity contribution is 6.33. The highest BCUT2D eigenvalue weighted by atomic mass is 35.5. The summed E-state index contributed by atoms with van der Waals surface area (Å²) in [6, 6.07) is 5.34. The van der Waals surface area contributed by atoms with E-state index in [0.29, 0.717) is 23.3 Å². The number of hydrogen-bond acceptors (Lipinski definition) is 2. The maximum absolute atomic E-state index is 5.94. The molecule has 1 aromatic rings. The Bertz CT molecular complexity index is 302. The largest absolute Gasteiger partial charge is 0.375 e. The summed E-state index contributed by atoms with van der Waals surface area (Å²) < 4.78 is 5.35. The molecule has 0 saturated heterocycles. The lowest BCUT2D eigenvalue weighted by atomic mass is 10.2. The molecule has 0 aliphatic carbocycles. The molecule has 0 amide bonds. The van der Waals surface area contributed by atoms with E-state index in [-0.39, 0.29) is 6.04 Å². The van der Waals surface area contributed by atoms with Gasteiger partial charge in [0.1, 0.15) is 0 Å². The number of halogens is 2. The fraction of sp³-hybridized carbons (Fsp3) is 0.400. The van der Waals surface area contributed by atoms with Crippen molar-refractivity contribution in [2.24, 2.45) is 5.73 Å². The lowest BCUT2D eigenvalue weighted by Gasteiger charge is -2.08. The van der Waals surface area contributed by atoms with Crippen LogP contribution in [0.1, 0.15) is 12.5 Å². The van der Waals surface area contributed by atoms with Crippen molar-refractivity contribution in [3.05, 3.63) is 33.8 Å². The van der Waals surface area contributed by atoms with Gasteiger partial charge in [-0.25, -0.2) is 0 Å². The minimum atomic E-state index is 0.0351. The first kappa shape index (κ1) is 11.8. The van der Waals surface area contributed by atoms with Crippen molar-refractivity contribution in [3.8, 4) is 0 Å². The van der Waals surface area contributed by atoms with Crippen molar-refractivity contribution in [1.82, 2.24) is 0 Å². The topological polar surface area (TPSA) is 35.2 Å². The molecule has 78 valence electrons. The molecule has 0 fully saturated rings. The number of nitrogens with two attached hydrogens (primary N) is 1. The Morgan fingerprint density at radius 3 is 2.79 bits per heavy atom. The van der Waals surface area contributed by atoms with E-state index in [2.05, 4.69) is 0 Å². The standard InChI is InChI=1S/C10H13Cl2NO/c1-7(13)5-14-6-8-4-9(11)2-3-10(8)12/h2-4,7H,5-6,13H2,1H3. The third-order valence-electron chi connectivity index (χ3n) is 1.65. The van der Waals surface area contributed by atoms with Crippen LogP contribution in [0.3, 0.4) is 0 Å². The van der Waals surface area contributed by atoms with Gasteiger partial charge in [0.05, 0.1) is 13.2 Å². The van der Waals surface area contributed by atoms with Crippen molar-refractivity contribution in [2.45, 2.75) is 19.6 Å². The summed E-state index contributed by atoms with van der Waals surface area (Å²) in [7, 11) is 0. The monoisotopic (exact) mass is 233 g/mol. The van der Waals surface area contributed by atoms with Crippen LogP contribution < -0.4 is 5.73 Å². The molecule has 2 nitrogen and oxygen atoms in total. The third kappa shape index (κ3) is 3.84. The van der Waals surface area contributed by atoms with Crippen molar-refractivity contribution in [2.75, 3.05) is 6.61 Å². The zero-order chi connectivity index (χ0) is 10.6. The van der Waals surface area contributed by atoms with Crippen molar-refractivity contribution in [3.63, 3.8) is 0 Å². The van der Waals surface area contributed by atoms with Gasteiger partial charge in [-0.05, 0) is 30.7 Å². The molecule has 1 unspecified atom stereocenters. The number of ether oxygens (including phenoxy) is 1. The van der Waals surface area contributed by atoms with Crippen LogP contribution in [-0.4, -0.2) is 12.6 Å². The molecule has 1 atom stereocenters. The van der Waals surface area contributed by atoms with Gasteiger partial charge in [-0.3, -0.25) is 0 Å². The lowest BCUT2D eigenvalue weighted by Crippen LogP contribution is -2.21. The Morgan fingerprint density at radius 2 is 2.14 bits per heavy atom. The number of benzene rings is 1. The van der Waals surface area contributed by atoms with Gasteiger partial charge in [0.15, 0.2) is 0 Å². The summed E-state index contributed by atoms with van der Waals surface area (Å²) in [5.74, 6) is 0. The van der Waals surface area contributed by atoms with Crippen LogP contribution in [0.2, 0.25) is 10.0 Å². The van der Waals surface area contributed by atoms with Crippen LogP contribution in [0.5, 0.6) is 0 Å². The second-order valence-corrected chi connectivity index (χ2v) is 4.07. The Balaban J connectivity index is 2.53. The third-order valence-corrected chi connectivity index (χ3v) is 2.25. The summed E-state index contributed by atoms with van der Waals surface area (Å²) in [5, 5.41) is 1.33. The molecule has 0 heterocycles. The Hall–Kier alpha value is -0.280. The maximum Gasteiger partial charge on any atom is 0.0732 e. The van der Waals surface area contributed by atoms with Crippen LogP contribution in [0.15, 0.2) is 18.2 Å². The molecule has 14 heavy (non-hydrogen) atoms. The van der Waals surface area contributed by atoms with E-state index in [1.54, 1.807) is 18.2 Å². The smallest absolute Gasteiger partial charge is 0.0732 e. The zero-order valence-electron chi connectivity index (χ0n) is 7.97. The van der Waals surface area contributed by atoms with Gasteiger partial charge < -0.3 is 10.5 Å². The van der Waals surface area contributed by atoms with E-state index in [9.17, 15) is 0 Å².